The molecule has 0 bridgehead atoms. The smallest absolute Gasteiger partial charge is 0.337 e. The van der Waals surface area contributed by atoms with Gasteiger partial charge in [-0.2, -0.15) is 0 Å². The number of hydrogen-bond donors (Lipinski definition) is 3. The second-order valence-corrected chi connectivity index (χ2v) is 8.79. The van der Waals surface area contributed by atoms with Crippen LogP contribution < -0.4 is 16.6 Å². The highest BCUT2D eigenvalue weighted by atomic mass is 35.5. The number of aromatic amines is 2. The molecule has 0 aliphatic carbocycles. The van der Waals surface area contributed by atoms with Gasteiger partial charge in [-0.1, -0.05) is 23.4 Å². The Morgan fingerprint density at radius 1 is 1.06 bits per heavy atom. The van der Waals surface area contributed by atoms with Crippen molar-refractivity contribution in [1.82, 2.24) is 24.7 Å². The third-order valence-corrected chi connectivity index (χ3v) is 6.05. The Balaban J connectivity index is 1.53. The van der Waals surface area contributed by atoms with Crippen LogP contribution in [0.1, 0.15) is 21.9 Å². The molecule has 2 aromatic heterocycles. The highest BCUT2D eigenvalue weighted by molar-refractivity contribution is 7.99. The van der Waals surface area contributed by atoms with Crippen molar-refractivity contribution in [3.05, 3.63) is 97.5 Å². The van der Waals surface area contributed by atoms with E-state index in [2.05, 4.69) is 30.2 Å². The summed E-state index contributed by atoms with van der Waals surface area (Å²) in [6, 6.07) is 14.5. The maximum atomic E-state index is 12.5. The van der Waals surface area contributed by atoms with Gasteiger partial charge in [0.05, 0.1) is 18.4 Å². The topological polar surface area (TPSA) is 152 Å². The minimum Gasteiger partial charge on any atom is -0.465 e. The molecule has 3 N–H and O–H groups in total. The highest BCUT2D eigenvalue weighted by Crippen LogP contribution is 2.24. The summed E-state index contributed by atoms with van der Waals surface area (Å²) < 4.78 is 6.38. The number of aromatic nitrogens is 5. The normalized spacial score (nSPS) is 10.7. The quantitative estimate of drug-likeness (QED) is 0.234. The van der Waals surface area contributed by atoms with Crippen LogP contribution in [-0.4, -0.2) is 49.5 Å². The van der Waals surface area contributed by atoms with Gasteiger partial charge in [0.1, 0.15) is 5.82 Å². The van der Waals surface area contributed by atoms with Crippen molar-refractivity contribution < 1.29 is 14.3 Å². The number of amides is 1. The number of nitrogens with zero attached hydrogens (tertiary/aromatic N) is 3. The number of benzene rings is 2. The third kappa shape index (κ3) is 6.09. The van der Waals surface area contributed by atoms with Gasteiger partial charge in [0.25, 0.3) is 5.56 Å². The van der Waals surface area contributed by atoms with E-state index in [1.807, 2.05) is 0 Å². The first-order valence-corrected chi connectivity index (χ1v) is 11.8. The predicted molar refractivity (Wildman–Crippen MR) is 134 cm³/mol. The first-order valence-electron chi connectivity index (χ1n) is 10.5. The van der Waals surface area contributed by atoms with Crippen LogP contribution in [0.3, 0.4) is 0 Å². The number of hydrogen-bond acceptors (Lipinski definition) is 8. The number of anilines is 1. The highest BCUT2D eigenvalue weighted by Gasteiger charge is 2.17. The summed E-state index contributed by atoms with van der Waals surface area (Å²) in [7, 11) is 1.29. The van der Waals surface area contributed by atoms with Crippen LogP contribution in [0.5, 0.6) is 0 Å². The number of carbonyl (C=O) groups excluding carboxylic acids is 2. The molecule has 0 saturated carbocycles. The van der Waals surface area contributed by atoms with E-state index in [0.717, 1.165) is 11.8 Å². The van der Waals surface area contributed by atoms with Crippen LogP contribution >= 0.6 is 23.4 Å². The Labute approximate surface area is 212 Å². The van der Waals surface area contributed by atoms with Crippen LogP contribution in [0.15, 0.2) is 69.3 Å². The number of methoxy groups -OCH3 is 1. The fourth-order valence-corrected chi connectivity index (χ4v) is 4.17. The lowest BCUT2D eigenvalue weighted by Crippen LogP contribution is -2.23. The Morgan fingerprint density at radius 3 is 2.44 bits per heavy atom. The number of nitrogens with one attached hydrogen (secondary N) is 3. The van der Waals surface area contributed by atoms with Gasteiger partial charge in [-0.05, 0) is 48.5 Å². The van der Waals surface area contributed by atoms with Gasteiger partial charge < -0.3 is 15.0 Å². The number of carbonyl (C=O) groups is 2. The number of ether oxygens (including phenoxy) is 1. The molecule has 0 spiro atoms. The Kier molecular flexibility index (Phi) is 7.66. The van der Waals surface area contributed by atoms with Crippen molar-refractivity contribution in [3.8, 4) is 5.69 Å². The summed E-state index contributed by atoms with van der Waals surface area (Å²) in [5, 5.41) is 12.1. The lowest BCUT2D eigenvalue weighted by molar-refractivity contribution is -0.113. The molecule has 0 atom stereocenters. The lowest BCUT2D eigenvalue weighted by atomic mass is 10.2. The van der Waals surface area contributed by atoms with Gasteiger partial charge in [0.15, 0.2) is 5.16 Å². The van der Waals surface area contributed by atoms with Crippen LogP contribution in [0, 0.1) is 0 Å². The molecular weight excluding hydrogens is 508 g/mol. The summed E-state index contributed by atoms with van der Waals surface area (Å²) in [5.74, 6) is -0.298. The van der Waals surface area contributed by atoms with Crippen LogP contribution in [0.4, 0.5) is 5.69 Å². The van der Waals surface area contributed by atoms with Crippen LogP contribution in [-0.2, 0) is 16.0 Å². The molecule has 0 radical (unpaired) electrons. The van der Waals surface area contributed by atoms with Gasteiger partial charge in [0.2, 0.25) is 5.91 Å². The summed E-state index contributed by atoms with van der Waals surface area (Å²) in [4.78, 5) is 52.1. The van der Waals surface area contributed by atoms with Gasteiger partial charge in [0, 0.05) is 34.6 Å². The Morgan fingerprint density at radius 2 is 1.78 bits per heavy atom. The first kappa shape index (κ1) is 24.9. The second-order valence-electron chi connectivity index (χ2n) is 7.41. The van der Waals surface area contributed by atoms with E-state index >= 15 is 0 Å². The Hall–Kier alpha value is -4.16. The van der Waals surface area contributed by atoms with Crippen molar-refractivity contribution in [2.24, 2.45) is 0 Å². The van der Waals surface area contributed by atoms with E-state index in [0.29, 0.717) is 38.6 Å². The molecule has 0 aliphatic heterocycles. The van der Waals surface area contributed by atoms with E-state index in [4.69, 9.17) is 11.6 Å². The molecule has 1 amide bonds. The zero-order valence-electron chi connectivity index (χ0n) is 18.8. The third-order valence-electron chi connectivity index (χ3n) is 4.87. The van der Waals surface area contributed by atoms with E-state index in [1.54, 1.807) is 53.1 Å². The van der Waals surface area contributed by atoms with Crippen molar-refractivity contribution in [3.63, 3.8) is 0 Å². The fraction of sp³-hybridized carbons (Fsp3) is 0.130. The fourth-order valence-electron chi connectivity index (χ4n) is 3.28. The van der Waals surface area contributed by atoms with Crippen LogP contribution in [0.2, 0.25) is 5.02 Å². The minimum atomic E-state index is -0.624. The molecule has 36 heavy (non-hydrogen) atoms. The van der Waals surface area contributed by atoms with E-state index in [1.165, 1.54) is 13.2 Å². The molecule has 2 heterocycles. The molecule has 0 aliphatic rings. The van der Waals surface area contributed by atoms with Gasteiger partial charge in [-0.15, -0.1) is 10.2 Å². The minimum absolute atomic E-state index is 0.0202. The summed E-state index contributed by atoms with van der Waals surface area (Å²) in [6.45, 7) is 0. The SMILES string of the molecule is COC(=O)c1ccc(NC(=O)CSc2nnc(Cc3cc(=O)[nH]c(=O)[nH]3)n2-c2ccc(Cl)cc2)cc1. The predicted octanol–water partition coefficient (Wildman–Crippen LogP) is 2.41. The largest absolute Gasteiger partial charge is 0.465 e. The number of H-pyrrole nitrogens is 2. The van der Waals surface area contributed by atoms with E-state index < -0.39 is 17.2 Å². The Bertz CT molecular complexity index is 1480. The van der Waals surface area contributed by atoms with Crippen LogP contribution in [0.25, 0.3) is 5.69 Å². The average Bonchev–Trinajstić information content (AvgIpc) is 3.24. The zero-order chi connectivity index (χ0) is 25.7. The molecule has 4 aromatic rings. The number of rotatable bonds is 8. The summed E-state index contributed by atoms with van der Waals surface area (Å²) in [6.07, 6.45) is 0.119. The average molecular weight is 527 g/mol. The zero-order valence-corrected chi connectivity index (χ0v) is 20.4. The van der Waals surface area contributed by atoms with E-state index in [-0.39, 0.29) is 18.1 Å². The van der Waals surface area contributed by atoms with Gasteiger partial charge >= 0.3 is 11.7 Å². The maximum absolute atomic E-state index is 12.5. The molecule has 4 rings (SSSR count). The molecular formula is C23H19ClN6O5S. The monoisotopic (exact) mass is 526 g/mol. The van der Waals surface area contributed by atoms with Gasteiger partial charge in [-0.3, -0.25) is 19.1 Å². The summed E-state index contributed by atoms with van der Waals surface area (Å²) >= 11 is 7.18. The van der Waals surface area contributed by atoms with Crippen molar-refractivity contribution in [1.29, 1.82) is 0 Å². The molecule has 0 fully saturated rings. The number of halogens is 1. The lowest BCUT2D eigenvalue weighted by Gasteiger charge is -2.11. The first-order chi connectivity index (χ1) is 17.3. The van der Waals surface area contributed by atoms with Gasteiger partial charge in [-0.25, -0.2) is 9.59 Å². The summed E-state index contributed by atoms with van der Waals surface area (Å²) in [5.41, 5.74) is 0.781. The van der Waals surface area contributed by atoms with Crippen molar-refractivity contribution in [2.75, 3.05) is 18.2 Å². The van der Waals surface area contributed by atoms with E-state index in [9.17, 15) is 19.2 Å². The number of thioether (sulfide) groups is 1. The molecule has 184 valence electrons. The molecule has 13 heteroatoms. The van der Waals surface area contributed by atoms with Crippen molar-refractivity contribution >= 4 is 40.9 Å². The molecule has 2 aromatic carbocycles. The standard InChI is InChI=1S/C23H19ClN6O5S/c1-35-21(33)13-2-6-15(7-3-13)25-20(32)12-36-23-29-28-18(10-16-11-19(31)27-22(34)26-16)30(23)17-8-4-14(24)5-9-17/h2-9,11H,10,12H2,1H3,(H,25,32)(H2,26,27,31,34). The maximum Gasteiger partial charge on any atom is 0.337 e. The van der Waals surface area contributed by atoms with Crippen molar-refractivity contribution in [2.45, 2.75) is 11.6 Å². The molecule has 0 unspecified atom stereocenters. The molecule has 11 nitrogen and oxygen atoms in total. The second kappa shape index (κ2) is 11.1. The molecule has 0 saturated heterocycles. The number of esters is 1.